The summed E-state index contributed by atoms with van der Waals surface area (Å²) in [6.07, 6.45) is 2.98. The van der Waals surface area contributed by atoms with E-state index in [-0.39, 0.29) is 11.7 Å². The number of carbonyl (C=O) groups is 1. The maximum atomic E-state index is 13.7. The van der Waals surface area contributed by atoms with Gasteiger partial charge in [-0.25, -0.2) is 4.39 Å². The van der Waals surface area contributed by atoms with E-state index in [1.54, 1.807) is 48.5 Å². The van der Waals surface area contributed by atoms with Crippen LogP contribution in [0.15, 0.2) is 67.0 Å². The first kappa shape index (κ1) is 17.4. The molecule has 1 heterocycles. The van der Waals surface area contributed by atoms with E-state index < -0.39 is 0 Å². The SMILES string of the molecule is CCOc1ccc(NC(=O)c2cncc(Nc3ccccc3F)c2)cc1. The number of benzene rings is 2. The Hall–Kier alpha value is -3.41. The fourth-order valence-electron chi connectivity index (χ4n) is 2.35. The van der Waals surface area contributed by atoms with E-state index in [1.807, 2.05) is 6.92 Å². The van der Waals surface area contributed by atoms with Gasteiger partial charge in [-0.1, -0.05) is 12.1 Å². The lowest BCUT2D eigenvalue weighted by atomic mass is 10.2. The molecule has 0 saturated carbocycles. The van der Waals surface area contributed by atoms with Crippen molar-refractivity contribution in [1.82, 2.24) is 4.98 Å². The molecule has 132 valence electrons. The molecule has 0 fully saturated rings. The highest BCUT2D eigenvalue weighted by atomic mass is 19.1. The quantitative estimate of drug-likeness (QED) is 0.680. The molecular weight excluding hydrogens is 333 g/mol. The Bertz CT molecular complexity index is 898. The molecule has 0 radical (unpaired) electrons. The smallest absolute Gasteiger partial charge is 0.257 e. The van der Waals surface area contributed by atoms with Crippen LogP contribution < -0.4 is 15.4 Å². The van der Waals surface area contributed by atoms with Gasteiger partial charge in [-0.3, -0.25) is 9.78 Å². The summed E-state index contributed by atoms with van der Waals surface area (Å²) in [6.45, 7) is 2.49. The average Bonchev–Trinajstić information content (AvgIpc) is 2.66. The lowest BCUT2D eigenvalue weighted by Gasteiger charge is -2.10. The van der Waals surface area contributed by atoms with Gasteiger partial charge in [0.2, 0.25) is 0 Å². The van der Waals surface area contributed by atoms with Crippen molar-refractivity contribution in [3.8, 4) is 5.75 Å². The number of para-hydroxylation sites is 1. The number of ether oxygens (including phenoxy) is 1. The van der Waals surface area contributed by atoms with Crippen molar-refractivity contribution in [2.24, 2.45) is 0 Å². The van der Waals surface area contributed by atoms with E-state index in [9.17, 15) is 9.18 Å². The number of nitrogens with zero attached hydrogens (tertiary/aromatic N) is 1. The highest BCUT2D eigenvalue weighted by Gasteiger charge is 2.09. The molecule has 1 amide bonds. The van der Waals surface area contributed by atoms with Gasteiger partial charge in [0.1, 0.15) is 11.6 Å². The van der Waals surface area contributed by atoms with Gasteiger partial charge in [-0.2, -0.15) is 0 Å². The van der Waals surface area contributed by atoms with Crippen LogP contribution in [0.2, 0.25) is 0 Å². The molecule has 26 heavy (non-hydrogen) atoms. The summed E-state index contributed by atoms with van der Waals surface area (Å²) in [4.78, 5) is 16.5. The number of aromatic nitrogens is 1. The Morgan fingerprint density at radius 2 is 1.85 bits per heavy atom. The second kappa shape index (κ2) is 8.11. The van der Waals surface area contributed by atoms with Gasteiger partial charge in [-0.15, -0.1) is 0 Å². The van der Waals surface area contributed by atoms with Gasteiger partial charge in [-0.05, 0) is 49.4 Å². The molecule has 1 aromatic heterocycles. The Morgan fingerprint density at radius 1 is 1.08 bits per heavy atom. The van der Waals surface area contributed by atoms with Gasteiger partial charge < -0.3 is 15.4 Å². The Balaban J connectivity index is 1.71. The summed E-state index contributed by atoms with van der Waals surface area (Å²) in [5, 5.41) is 5.71. The second-order valence-corrected chi connectivity index (χ2v) is 5.48. The number of rotatable bonds is 6. The lowest BCUT2D eigenvalue weighted by molar-refractivity contribution is 0.102. The van der Waals surface area contributed by atoms with E-state index in [2.05, 4.69) is 15.6 Å². The summed E-state index contributed by atoms with van der Waals surface area (Å²) >= 11 is 0. The molecule has 0 spiro atoms. The van der Waals surface area contributed by atoms with Gasteiger partial charge >= 0.3 is 0 Å². The maximum Gasteiger partial charge on any atom is 0.257 e. The van der Waals surface area contributed by atoms with Crippen LogP contribution in [0.3, 0.4) is 0 Å². The maximum absolute atomic E-state index is 13.7. The summed E-state index contributed by atoms with van der Waals surface area (Å²) in [6, 6.07) is 15.0. The van der Waals surface area contributed by atoms with Crippen LogP contribution in [0.25, 0.3) is 0 Å². The van der Waals surface area contributed by atoms with Crippen LogP contribution in [0, 0.1) is 5.82 Å². The fraction of sp³-hybridized carbons (Fsp3) is 0.100. The van der Waals surface area contributed by atoms with Crippen LogP contribution in [0.5, 0.6) is 5.75 Å². The number of hydrogen-bond acceptors (Lipinski definition) is 4. The first-order valence-corrected chi connectivity index (χ1v) is 8.16. The van der Waals surface area contributed by atoms with Crippen LogP contribution in [-0.4, -0.2) is 17.5 Å². The molecule has 0 aliphatic carbocycles. The number of amides is 1. The third-order valence-electron chi connectivity index (χ3n) is 3.58. The van der Waals surface area contributed by atoms with E-state index in [4.69, 9.17) is 4.74 Å². The molecule has 2 aromatic carbocycles. The third-order valence-corrected chi connectivity index (χ3v) is 3.58. The minimum Gasteiger partial charge on any atom is -0.494 e. The largest absolute Gasteiger partial charge is 0.494 e. The van der Waals surface area contributed by atoms with E-state index in [1.165, 1.54) is 18.5 Å². The predicted molar refractivity (Wildman–Crippen MR) is 99.5 cm³/mol. The minimum absolute atomic E-state index is 0.307. The van der Waals surface area contributed by atoms with Gasteiger partial charge in [0.15, 0.2) is 0 Å². The predicted octanol–water partition coefficient (Wildman–Crippen LogP) is 4.62. The number of anilines is 3. The Morgan fingerprint density at radius 3 is 2.58 bits per heavy atom. The highest BCUT2D eigenvalue weighted by Crippen LogP contribution is 2.20. The molecular formula is C20H18FN3O2. The van der Waals surface area contributed by atoms with Crippen LogP contribution in [-0.2, 0) is 0 Å². The third kappa shape index (κ3) is 4.36. The zero-order valence-corrected chi connectivity index (χ0v) is 14.2. The van der Waals surface area contributed by atoms with E-state index >= 15 is 0 Å². The second-order valence-electron chi connectivity index (χ2n) is 5.48. The normalized spacial score (nSPS) is 10.2. The molecule has 0 atom stereocenters. The van der Waals surface area contributed by atoms with Crippen molar-refractivity contribution in [2.45, 2.75) is 6.92 Å². The van der Waals surface area contributed by atoms with Crippen LogP contribution in [0.1, 0.15) is 17.3 Å². The molecule has 6 heteroatoms. The summed E-state index contributed by atoms with van der Waals surface area (Å²) in [7, 11) is 0. The number of pyridine rings is 1. The number of halogens is 1. The molecule has 3 rings (SSSR count). The topological polar surface area (TPSA) is 63.2 Å². The molecule has 0 unspecified atom stereocenters. The summed E-state index contributed by atoms with van der Waals surface area (Å²) in [5.41, 5.74) is 1.85. The zero-order chi connectivity index (χ0) is 18.4. The van der Waals surface area contributed by atoms with E-state index in [0.717, 1.165) is 5.75 Å². The fourth-order valence-corrected chi connectivity index (χ4v) is 2.35. The van der Waals surface area contributed by atoms with Crippen molar-refractivity contribution < 1.29 is 13.9 Å². The van der Waals surface area contributed by atoms with Gasteiger partial charge in [0.05, 0.1) is 29.7 Å². The monoisotopic (exact) mass is 351 g/mol. The van der Waals surface area contributed by atoms with Gasteiger partial charge in [0, 0.05) is 11.9 Å². The van der Waals surface area contributed by atoms with Crippen LogP contribution in [0.4, 0.5) is 21.5 Å². The standard InChI is InChI=1S/C20H18FN3O2/c1-2-26-17-9-7-15(8-10-17)24-20(25)14-11-16(13-22-12-14)23-19-6-4-3-5-18(19)21/h3-13,23H,2H2,1H3,(H,24,25). The lowest BCUT2D eigenvalue weighted by Crippen LogP contribution is -2.12. The molecule has 0 aliphatic heterocycles. The zero-order valence-electron chi connectivity index (χ0n) is 14.2. The van der Waals surface area contributed by atoms with Crippen molar-refractivity contribution in [3.05, 3.63) is 78.4 Å². The first-order chi connectivity index (χ1) is 12.7. The van der Waals surface area contributed by atoms with Crippen molar-refractivity contribution in [2.75, 3.05) is 17.2 Å². The first-order valence-electron chi connectivity index (χ1n) is 8.16. The number of carbonyl (C=O) groups excluding carboxylic acids is 1. The van der Waals surface area contributed by atoms with Crippen molar-refractivity contribution in [3.63, 3.8) is 0 Å². The molecule has 0 bridgehead atoms. The van der Waals surface area contributed by atoms with Crippen LogP contribution >= 0.6 is 0 Å². The Kier molecular flexibility index (Phi) is 5.43. The highest BCUT2D eigenvalue weighted by molar-refractivity contribution is 6.04. The summed E-state index contributed by atoms with van der Waals surface area (Å²) in [5.74, 6) is 0.0545. The van der Waals surface area contributed by atoms with E-state index in [0.29, 0.717) is 29.2 Å². The molecule has 5 nitrogen and oxygen atoms in total. The van der Waals surface area contributed by atoms with Crippen molar-refractivity contribution >= 4 is 23.0 Å². The molecule has 0 aliphatic rings. The number of nitrogens with one attached hydrogen (secondary N) is 2. The average molecular weight is 351 g/mol. The summed E-state index contributed by atoms with van der Waals surface area (Å²) < 4.78 is 19.1. The van der Waals surface area contributed by atoms with Crippen molar-refractivity contribution in [1.29, 1.82) is 0 Å². The molecule has 2 N–H and O–H groups in total. The van der Waals surface area contributed by atoms with Gasteiger partial charge in [0.25, 0.3) is 5.91 Å². The number of hydrogen-bond donors (Lipinski definition) is 2. The molecule has 3 aromatic rings. The molecule has 0 saturated heterocycles. The minimum atomic E-state index is -0.378. The Labute approximate surface area is 150 Å².